The lowest BCUT2D eigenvalue weighted by atomic mass is 10.1. The Kier molecular flexibility index (Phi) is 4.36. The molecule has 0 heterocycles. The quantitative estimate of drug-likeness (QED) is 0.799. The zero-order valence-corrected chi connectivity index (χ0v) is 12.0. The fraction of sp³-hybridized carbons (Fsp3) is 0.533. The second kappa shape index (κ2) is 5.81. The van der Waals surface area contributed by atoms with Crippen molar-refractivity contribution in [3.05, 3.63) is 35.4 Å². The lowest BCUT2D eigenvalue weighted by molar-refractivity contribution is 0.204. The van der Waals surface area contributed by atoms with Gasteiger partial charge in [-0.2, -0.15) is 0 Å². The van der Waals surface area contributed by atoms with E-state index >= 15 is 0 Å². The summed E-state index contributed by atoms with van der Waals surface area (Å²) in [5.41, 5.74) is 7.95. The van der Waals surface area contributed by atoms with Gasteiger partial charge in [-0.15, -0.1) is 0 Å². The van der Waals surface area contributed by atoms with Crippen LogP contribution in [0.2, 0.25) is 0 Å². The van der Waals surface area contributed by atoms with Crippen LogP contribution in [0.5, 0.6) is 0 Å². The highest BCUT2D eigenvalue weighted by Gasteiger charge is 2.25. The first-order chi connectivity index (χ1) is 8.56. The first kappa shape index (κ1) is 13.5. The number of hydrogen-bond acceptors (Lipinski definition) is 2. The largest absolute Gasteiger partial charge is 0.389 e. The Labute approximate surface area is 115 Å². The van der Waals surface area contributed by atoms with E-state index in [-0.39, 0.29) is 0 Å². The van der Waals surface area contributed by atoms with Crippen LogP contribution in [0, 0.1) is 5.92 Å². The maximum absolute atomic E-state index is 5.68. The molecule has 0 radical (unpaired) electrons. The highest BCUT2D eigenvalue weighted by Crippen LogP contribution is 2.30. The van der Waals surface area contributed by atoms with Gasteiger partial charge in [0.1, 0.15) is 4.99 Å². The first-order valence-corrected chi connectivity index (χ1v) is 7.10. The van der Waals surface area contributed by atoms with Crippen LogP contribution < -0.4 is 5.73 Å². The highest BCUT2D eigenvalue weighted by molar-refractivity contribution is 7.80. The molecule has 1 aliphatic carbocycles. The normalized spacial score (nSPS) is 15.3. The standard InChI is InChI=1S/C15H22N2S/c1-11(2)17(9-12-6-7-12)10-13-4-3-5-14(8-13)15(16)18/h3-5,8,11-12H,6-7,9-10H2,1-2H3,(H2,16,18). The maximum Gasteiger partial charge on any atom is 0.103 e. The van der Waals surface area contributed by atoms with E-state index in [9.17, 15) is 0 Å². The summed E-state index contributed by atoms with van der Waals surface area (Å²) in [4.78, 5) is 3.02. The Morgan fingerprint density at radius 2 is 2.17 bits per heavy atom. The molecule has 1 aliphatic rings. The average Bonchev–Trinajstić information content (AvgIpc) is 3.12. The van der Waals surface area contributed by atoms with Gasteiger partial charge in [0.05, 0.1) is 0 Å². The predicted molar refractivity (Wildman–Crippen MR) is 80.6 cm³/mol. The minimum atomic E-state index is 0.482. The van der Waals surface area contributed by atoms with E-state index in [1.54, 1.807) is 0 Å². The summed E-state index contributed by atoms with van der Waals surface area (Å²) in [7, 11) is 0. The third-order valence-corrected chi connectivity index (χ3v) is 3.75. The van der Waals surface area contributed by atoms with Crippen LogP contribution in [0.15, 0.2) is 24.3 Å². The molecule has 0 bridgehead atoms. The van der Waals surface area contributed by atoms with Gasteiger partial charge in [0.15, 0.2) is 0 Å². The molecule has 18 heavy (non-hydrogen) atoms. The number of rotatable bonds is 6. The zero-order chi connectivity index (χ0) is 13.1. The fourth-order valence-corrected chi connectivity index (χ4v) is 2.27. The molecule has 2 rings (SSSR count). The van der Waals surface area contributed by atoms with Crippen LogP contribution in [0.4, 0.5) is 0 Å². The van der Waals surface area contributed by atoms with Crippen molar-refractivity contribution in [3.63, 3.8) is 0 Å². The van der Waals surface area contributed by atoms with Gasteiger partial charge in [-0.3, -0.25) is 4.90 Å². The Balaban J connectivity index is 2.05. The molecule has 1 saturated carbocycles. The van der Waals surface area contributed by atoms with Crippen molar-refractivity contribution in [2.75, 3.05) is 6.54 Å². The monoisotopic (exact) mass is 262 g/mol. The average molecular weight is 262 g/mol. The summed E-state index contributed by atoms with van der Waals surface area (Å²) in [6.45, 7) is 6.74. The van der Waals surface area contributed by atoms with E-state index in [0.29, 0.717) is 11.0 Å². The van der Waals surface area contributed by atoms with Gasteiger partial charge < -0.3 is 5.73 Å². The summed E-state index contributed by atoms with van der Waals surface area (Å²) in [6.07, 6.45) is 2.80. The summed E-state index contributed by atoms with van der Waals surface area (Å²) < 4.78 is 0. The first-order valence-electron chi connectivity index (χ1n) is 6.69. The molecule has 0 atom stereocenters. The number of thiocarbonyl (C=S) groups is 1. The second-order valence-corrected chi connectivity index (χ2v) is 5.97. The maximum atomic E-state index is 5.68. The third kappa shape index (κ3) is 3.79. The molecule has 0 unspecified atom stereocenters. The van der Waals surface area contributed by atoms with Crippen LogP contribution >= 0.6 is 12.2 Å². The number of hydrogen-bond donors (Lipinski definition) is 1. The van der Waals surface area contributed by atoms with Crippen molar-refractivity contribution >= 4 is 17.2 Å². The molecule has 3 heteroatoms. The summed E-state index contributed by atoms with van der Waals surface area (Å²) >= 11 is 5.03. The minimum absolute atomic E-state index is 0.482. The minimum Gasteiger partial charge on any atom is -0.389 e. The molecule has 1 aromatic carbocycles. The highest BCUT2D eigenvalue weighted by atomic mass is 32.1. The molecule has 98 valence electrons. The summed E-state index contributed by atoms with van der Waals surface area (Å²) in [6, 6.07) is 8.87. The van der Waals surface area contributed by atoms with E-state index in [2.05, 4.69) is 30.9 Å². The van der Waals surface area contributed by atoms with Gasteiger partial charge in [0.25, 0.3) is 0 Å². The zero-order valence-electron chi connectivity index (χ0n) is 11.2. The van der Waals surface area contributed by atoms with Gasteiger partial charge in [-0.25, -0.2) is 0 Å². The molecule has 1 fully saturated rings. The van der Waals surface area contributed by atoms with Crippen LogP contribution in [0.25, 0.3) is 0 Å². The van der Waals surface area contributed by atoms with Crippen molar-refractivity contribution in [2.24, 2.45) is 11.7 Å². The van der Waals surface area contributed by atoms with Gasteiger partial charge in [0, 0.05) is 24.7 Å². The lowest BCUT2D eigenvalue weighted by Crippen LogP contribution is -2.32. The van der Waals surface area contributed by atoms with E-state index in [1.807, 2.05) is 12.1 Å². The molecule has 0 aromatic heterocycles. The van der Waals surface area contributed by atoms with Crippen LogP contribution in [-0.4, -0.2) is 22.5 Å². The molecule has 0 saturated heterocycles. The molecular formula is C15H22N2S. The van der Waals surface area contributed by atoms with Gasteiger partial charge >= 0.3 is 0 Å². The molecule has 2 N–H and O–H groups in total. The van der Waals surface area contributed by atoms with E-state index in [1.165, 1.54) is 24.9 Å². The lowest BCUT2D eigenvalue weighted by Gasteiger charge is -2.26. The molecular weight excluding hydrogens is 240 g/mol. The summed E-state index contributed by atoms with van der Waals surface area (Å²) in [5.74, 6) is 0.922. The third-order valence-electron chi connectivity index (χ3n) is 3.52. The second-order valence-electron chi connectivity index (χ2n) is 5.53. The van der Waals surface area contributed by atoms with Gasteiger partial charge in [0.2, 0.25) is 0 Å². The van der Waals surface area contributed by atoms with Crippen LogP contribution in [0.1, 0.15) is 37.8 Å². The predicted octanol–water partition coefficient (Wildman–Crippen LogP) is 2.94. The van der Waals surface area contributed by atoms with Crippen molar-refractivity contribution in [1.82, 2.24) is 4.90 Å². The van der Waals surface area contributed by atoms with Crippen LogP contribution in [0.3, 0.4) is 0 Å². The summed E-state index contributed by atoms with van der Waals surface area (Å²) in [5, 5.41) is 0. The molecule has 1 aromatic rings. The molecule has 2 nitrogen and oxygen atoms in total. The Hall–Kier alpha value is -0.930. The number of nitrogens with zero attached hydrogens (tertiary/aromatic N) is 1. The van der Waals surface area contributed by atoms with Gasteiger partial charge in [-0.1, -0.05) is 30.4 Å². The van der Waals surface area contributed by atoms with Crippen LogP contribution in [-0.2, 0) is 6.54 Å². The van der Waals surface area contributed by atoms with Crippen molar-refractivity contribution in [1.29, 1.82) is 0 Å². The number of nitrogens with two attached hydrogens (primary N) is 1. The van der Waals surface area contributed by atoms with Crippen molar-refractivity contribution < 1.29 is 0 Å². The van der Waals surface area contributed by atoms with Gasteiger partial charge in [-0.05, 0) is 44.2 Å². The molecule has 0 spiro atoms. The smallest absolute Gasteiger partial charge is 0.103 e. The van der Waals surface area contributed by atoms with E-state index < -0.39 is 0 Å². The topological polar surface area (TPSA) is 29.3 Å². The Morgan fingerprint density at radius 3 is 2.72 bits per heavy atom. The van der Waals surface area contributed by atoms with E-state index in [4.69, 9.17) is 18.0 Å². The number of benzene rings is 1. The Morgan fingerprint density at radius 1 is 1.44 bits per heavy atom. The SMILES string of the molecule is CC(C)N(Cc1cccc(C(N)=S)c1)CC1CC1. The molecule has 0 amide bonds. The van der Waals surface area contributed by atoms with Crippen molar-refractivity contribution in [2.45, 2.75) is 39.3 Å². The van der Waals surface area contributed by atoms with Crippen molar-refractivity contribution in [3.8, 4) is 0 Å². The Bertz CT molecular complexity index is 424. The molecule has 0 aliphatic heterocycles. The fourth-order valence-electron chi connectivity index (χ4n) is 2.15. The van der Waals surface area contributed by atoms with E-state index in [0.717, 1.165) is 18.0 Å².